The summed E-state index contributed by atoms with van der Waals surface area (Å²) in [5.41, 5.74) is 0. The van der Waals surface area contributed by atoms with Crippen molar-refractivity contribution in [2.75, 3.05) is 86.3 Å². The zero-order valence-corrected chi connectivity index (χ0v) is 24.2. The van der Waals surface area contributed by atoms with Gasteiger partial charge in [0.15, 0.2) is 0 Å². The van der Waals surface area contributed by atoms with Crippen LogP contribution in [-0.2, 0) is 28.1 Å². The standard InChI is InChI=1S/C29H47NO6Si/c1-29(2,3)37(27-11-7-5-8-12-27,28-13-9-6-10-14-28)36-26-25-35-24-23-34-22-21-33-20-19-32-18-17-31-16-15-30-4/h5-14,30H,15-26H2,1-4H3. The van der Waals surface area contributed by atoms with Crippen LogP contribution in [0, 0.1) is 0 Å². The second kappa shape index (κ2) is 18.6. The van der Waals surface area contributed by atoms with Crippen molar-refractivity contribution in [1.29, 1.82) is 0 Å². The molecule has 0 spiro atoms. The molecular formula is C29H47NO6Si. The van der Waals surface area contributed by atoms with Crippen molar-refractivity contribution in [2.24, 2.45) is 0 Å². The molecule has 0 aliphatic heterocycles. The Bertz CT molecular complexity index is 764. The monoisotopic (exact) mass is 533 g/mol. The third-order valence-electron chi connectivity index (χ3n) is 5.95. The van der Waals surface area contributed by atoms with Gasteiger partial charge >= 0.3 is 0 Å². The molecule has 8 heteroatoms. The third-order valence-corrected chi connectivity index (χ3v) is 11.0. The van der Waals surface area contributed by atoms with Crippen molar-refractivity contribution in [3.05, 3.63) is 60.7 Å². The fraction of sp³-hybridized carbons (Fsp3) is 0.586. The number of hydrogen-bond donors (Lipinski definition) is 1. The maximum atomic E-state index is 6.82. The Labute approximate surface area is 224 Å². The van der Waals surface area contributed by atoms with Crippen LogP contribution in [0.4, 0.5) is 0 Å². The Morgan fingerprint density at radius 1 is 0.541 bits per heavy atom. The fourth-order valence-electron chi connectivity index (χ4n) is 4.17. The van der Waals surface area contributed by atoms with E-state index in [1.165, 1.54) is 10.4 Å². The molecule has 0 radical (unpaired) electrons. The lowest BCUT2D eigenvalue weighted by atomic mass is 10.2. The van der Waals surface area contributed by atoms with E-state index in [1.54, 1.807) is 0 Å². The second-order valence-corrected chi connectivity index (χ2v) is 14.0. The van der Waals surface area contributed by atoms with Gasteiger partial charge in [0.25, 0.3) is 8.32 Å². The molecule has 2 aromatic rings. The summed E-state index contributed by atoms with van der Waals surface area (Å²) in [4.78, 5) is 0. The van der Waals surface area contributed by atoms with Gasteiger partial charge in [0.05, 0.1) is 72.7 Å². The topological polar surface area (TPSA) is 67.4 Å². The molecule has 0 bridgehead atoms. The normalized spacial score (nSPS) is 12.2. The number of benzene rings is 2. The number of rotatable bonds is 21. The van der Waals surface area contributed by atoms with Crippen LogP contribution in [0.3, 0.4) is 0 Å². The number of likely N-dealkylation sites (N-methyl/N-ethyl adjacent to an activating group) is 1. The van der Waals surface area contributed by atoms with E-state index >= 15 is 0 Å². The van der Waals surface area contributed by atoms with E-state index in [0.29, 0.717) is 72.7 Å². The highest BCUT2D eigenvalue weighted by Gasteiger charge is 2.49. The second-order valence-electron chi connectivity index (χ2n) is 9.68. The van der Waals surface area contributed by atoms with Crippen LogP contribution < -0.4 is 15.7 Å². The Kier molecular flexibility index (Phi) is 15.9. The average molecular weight is 534 g/mol. The minimum absolute atomic E-state index is 0.0377. The summed E-state index contributed by atoms with van der Waals surface area (Å²) >= 11 is 0. The Hall–Kier alpha value is -1.62. The lowest BCUT2D eigenvalue weighted by Gasteiger charge is -2.43. The average Bonchev–Trinajstić information content (AvgIpc) is 2.90. The van der Waals surface area contributed by atoms with Crippen LogP contribution in [-0.4, -0.2) is 94.6 Å². The Morgan fingerprint density at radius 3 is 1.24 bits per heavy atom. The summed E-state index contributed by atoms with van der Waals surface area (Å²) in [6.07, 6.45) is 0. The molecule has 7 nitrogen and oxygen atoms in total. The molecule has 0 fully saturated rings. The van der Waals surface area contributed by atoms with Crippen LogP contribution in [0.25, 0.3) is 0 Å². The lowest BCUT2D eigenvalue weighted by molar-refractivity contribution is -0.0126. The molecule has 0 aliphatic carbocycles. The third kappa shape index (κ3) is 11.3. The van der Waals surface area contributed by atoms with E-state index < -0.39 is 8.32 Å². The van der Waals surface area contributed by atoms with Crippen LogP contribution >= 0.6 is 0 Å². The predicted molar refractivity (Wildman–Crippen MR) is 152 cm³/mol. The van der Waals surface area contributed by atoms with E-state index in [2.05, 4.69) is 86.8 Å². The Morgan fingerprint density at radius 2 is 0.892 bits per heavy atom. The first-order chi connectivity index (χ1) is 18.0. The smallest absolute Gasteiger partial charge is 0.261 e. The van der Waals surface area contributed by atoms with Crippen molar-refractivity contribution >= 4 is 18.7 Å². The van der Waals surface area contributed by atoms with Gasteiger partial charge in [0.1, 0.15) is 0 Å². The van der Waals surface area contributed by atoms with Gasteiger partial charge in [-0.15, -0.1) is 0 Å². The molecule has 1 N–H and O–H groups in total. The van der Waals surface area contributed by atoms with Gasteiger partial charge in [-0.1, -0.05) is 81.4 Å². The van der Waals surface area contributed by atoms with Gasteiger partial charge in [-0.25, -0.2) is 0 Å². The molecule has 2 aromatic carbocycles. The molecule has 0 aromatic heterocycles. The molecule has 2 rings (SSSR count). The molecule has 0 saturated heterocycles. The summed E-state index contributed by atoms with van der Waals surface area (Å²) in [6, 6.07) is 21.3. The van der Waals surface area contributed by atoms with E-state index in [4.69, 9.17) is 28.1 Å². The summed E-state index contributed by atoms with van der Waals surface area (Å²) in [5.74, 6) is 0. The molecule has 0 atom stereocenters. The van der Waals surface area contributed by atoms with Crippen LogP contribution in [0.2, 0.25) is 5.04 Å². The van der Waals surface area contributed by atoms with Gasteiger partial charge in [-0.05, 0) is 22.5 Å². The summed E-state index contributed by atoms with van der Waals surface area (Å²) in [5, 5.41) is 5.55. The highest BCUT2D eigenvalue weighted by atomic mass is 28.4. The first kappa shape index (κ1) is 31.6. The number of nitrogens with one attached hydrogen (secondary N) is 1. The van der Waals surface area contributed by atoms with Crippen LogP contribution in [0.5, 0.6) is 0 Å². The van der Waals surface area contributed by atoms with E-state index in [9.17, 15) is 0 Å². The van der Waals surface area contributed by atoms with Gasteiger partial charge in [-0.3, -0.25) is 0 Å². The first-order valence-electron chi connectivity index (χ1n) is 13.3. The molecule has 208 valence electrons. The number of hydrogen-bond acceptors (Lipinski definition) is 7. The van der Waals surface area contributed by atoms with E-state index in [1.807, 2.05) is 7.05 Å². The minimum atomic E-state index is -2.51. The quantitative estimate of drug-likeness (QED) is 0.196. The zero-order chi connectivity index (χ0) is 26.7. The predicted octanol–water partition coefficient (Wildman–Crippen LogP) is 2.87. The molecule has 0 unspecified atom stereocenters. The van der Waals surface area contributed by atoms with Gasteiger partial charge in [0.2, 0.25) is 0 Å². The van der Waals surface area contributed by atoms with Gasteiger partial charge in [-0.2, -0.15) is 0 Å². The van der Waals surface area contributed by atoms with Crippen LogP contribution in [0.1, 0.15) is 20.8 Å². The van der Waals surface area contributed by atoms with Gasteiger partial charge < -0.3 is 33.4 Å². The van der Waals surface area contributed by atoms with Crippen molar-refractivity contribution in [1.82, 2.24) is 5.32 Å². The van der Waals surface area contributed by atoms with Crippen molar-refractivity contribution in [3.8, 4) is 0 Å². The van der Waals surface area contributed by atoms with Gasteiger partial charge in [0, 0.05) is 6.54 Å². The molecule has 0 heterocycles. The Balaban J connectivity index is 1.61. The summed E-state index contributed by atoms with van der Waals surface area (Å²) < 4.78 is 34.6. The maximum absolute atomic E-state index is 6.82. The number of ether oxygens (including phenoxy) is 5. The first-order valence-corrected chi connectivity index (χ1v) is 15.2. The fourth-order valence-corrected chi connectivity index (χ4v) is 8.72. The van der Waals surface area contributed by atoms with Crippen LogP contribution in [0.15, 0.2) is 60.7 Å². The SMILES string of the molecule is CNCCOCCOCCOCCOCCOCCO[Si](c1ccccc1)(c1ccccc1)C(C)(C)C. The lowest BCUT2D eigenvalue weighted by Crippen LogP contribution is -2.66. The van der Waals surface area contributed by atoms with Crippen molar-refractivity contribution in [3.63, 3.8) is 0 Å². The molecule has 0 amide bonds. The van der Waals surface area contributed by atoms with Crippen molar-refractivity contribution in [2.45, 2.75) is 25.8 Å². The molecule has 0 saturated carbocycles. The maximum Gasteiger partial charge on any atom is 0.261 e. The van der Waals surface area contributed by atoms with Crippen molar-refractivity contribution < 1.29 is 28.1 Å². The zero-order valence-electron chi connectivity index (χ0n) is 23.2. The minimum Gasteiger partial charge on any atom is -0.405 e. The summed E-state index contributed by atoms with van der Waals surface area (Å²) in [7, 11) is -0.603. The highest BCUT2D eigenvalue weighted by molar-refractivity contribution is 6.99. The molecular weight excluding hydrogens is 486 g/mol. The largest absolute Gasteiger partial charge is 0.405 e. The highest BCUT2D eigenvalue weighted by Crippen LogP contribution is 2.36. The van der Waals surface area contributed by atoms with E-state index in [-0.39, 0.29) is 5.04 Å². The molecule has 37 heavy (non-hydrogen) atoms. The van der Waals surface area contributed by atoms with E-state index in [0.717, 1.165) is 6.54 Å². The molecule has 0 aliphatic rings. The summed E-state index contributed by atoms with van der Waals surface area (Å²) in [6.45, 7) is 13.9.